The van der Waals surface area contributed by atoms with E-state index >= 15 is 0 Å². The van der Waals surface area contributed by atoms with E-state index in [1.165, 1.54) is 0 Å². The largest absolute Gasteiger partial charge is 0.488 e. The van der Waals surface area contributed by atoms with Crippen molar-refractivity contribution in [3.63, 3.8) is 0 Å². The number of rotatable bonds is 3. The summed E-state index contributed by atoms with van der Waals surface area (Å²) < 4.78 is 7.55. The quantitative estimate of drug-likeness (QED) is 0.829. The van der Waals surface area contributed by atoms with E-state index in [4.69, 9.17) is 10.00 Å². The third kappa shape index (κ3) is 2.51. The van der Waals surface area contributed by atoms with Gasteiger partial charge in [0.25, 0.3) is 0 Å². The fourth-order valence-corrected chi connectivity index (χ4v) is 1.94. The lowest BCUT2D eigenvalue weighted by Gasteiger charge is -2.11. The molecule has 0 radical (unpaired) electrons. The molecule has 92 valence electrons. The van der Waals surface area contributed by atoms with Crippen LogP contribution in [0.25, 0.3) is 0 Å². The molecule has 18 heavy (non-hydrogen) atoms. The summed E-state index contributed by atoms with van der Waals surface area (Å²) in [6, 6.07) is 5.82. The molecular weight excluding hydrogens is 226 g/mol. The van der Waals surface area contributed by atoms with Gasteiger partial charge in [-0.05, 0) is 37.1 Å². The Hall–Kier alpha value is -2.28. The molecule has 4 heteroatoms. The molecule has 0 unspecified atom stereocenters. The monoisotopic (exact) mass is 241 g/mol. The fourth-order valence-electron chi connectivity index (χ4n) is 1.94. The summed E-state index contributed by atoms with van der Waals surface area (Å²) in [4.78, 5) is 0. The number of benzene rings is 1. The minimum Gasteiger partial charge on any atom is -0.488 e. The number of aryl methyl sites for hydroxylation is 3. The van der Waals surface area contributed by atoms with Crippen molar-refractivity contribution in [1.82, 2.24) is 9.78 Å². The van der Waals surface area contributed by atoms with Gasteiger partial charge in [-0.15, -0.1) is 0 Å². The normalized spacial score (nSPS) is 10.1. The van der Waals surface area contributed by atoms with Crippen LogP contribution in [0.4, 0.5) is 0 Å². The van der Waals surface area contributed by atoms with E-state index in [1.807, 2.05) is 39.2 Å². The van der Waals surface area contributed by atoms with Crippen molar-refractivity contribution in [2.45, 2.75) is 20.5 Å². The van der Waals surface area contributed by atoms with Gasteiger partial charge in [0.1, 0.15) is 12.4 Å². The van der Waals surface area contributed by atoms with Crippen molar-refractivity contribution in [2.75, 3.05) is 0 Å². The Kier molecular flexibility index (Phi) is 3.33. The van der Waals surface area contributed by atoms with Crippen LogP contribution < -0.4 is 4.74 Å². The van der Waals surface area contributed by atoms with E-state index in [0.717, 1.165) is 22.4 Å². The van der Waals surface area contributed by atoms with Crippen LogP contribution in [0, 0.1) is 25.2 Å². The highest BCUT2D eigenvalue weighted by Crippen LogP contribution is 2.25. The highest BCUT2D eigenvalue weighted by atomic mass is 16.5. The first-order valence-electron chi connectivity index (χ1n) is 5.72. The van der Waals surface area contributed by atoms with E-state index in [9.17, 15) is 0 Å². The first-order valence-corrected chi connectivity index (χ1v) is 5.72. The standard InChI is InChI=1S/C14H15N3O/c1-10-4-12(6-15)5-11(2)14(10)18-9-13-7-16-17(3)8-13/h4-5,7-8H,9H2,1-3H3. The van der Waals surface area contributed by atoms with Crippen LogP contribution in [-0.2, 0) is 13.7 Å². The topological polar surface area (TPSA) is 50.8 Å². The maximum atomic E-state index is 8.89. The van der Waals surface area contributed by atoms with Gasteiger partial charge in [-0.1, -0.05) is 0 Å². The average Bonchev–Trinajstić information content (AvgIpc) is 2.73. The zero-order chi connectivity index (χ0) is 13.1. The molecule has 1 aromatic carbocycles. The van der Waals surface area contributed by atoms with Crippen LogP contribution in [0.1, 0.15) is 22.3 Å². The molecule has 0 N–H and O–H groups in total. The molecule has 0 atom stereocenters. The molecule has 1 aromatic heterocycles. The maximum Gasteiger partial charge on any atom is 0.125 e. The molecule has 0 saturated heterocycles. The molecule has 0 bridgehead atoms. The Morgan fingerprint density at radius 2 is 2.00 bits per heavy atom. The third-order valence-corrected chi connectivity index (χ3v) is 2.73. The zero-order valence-electron chi connectivity index (χ0n) is 10.8. The van der Waals surface area contributed by atoms with Gasteiger partial charge in [0.05, 0.1) is 17.8 Å². The molecule has 2 aromatic rings. The lowest BCUT2D eigenvalue weighted by Crippen LogP contribution is -1.99. The summed E-state index contributed by atoms with van der Waals surface area (Å²) in [6.07, 6.45) is 3.71. The Labute approximate surface area is 106 Å². The van der Waals surface area contributed by atoms with Crippen molar-refractivity contribution in [1.29, 1.82) is 5.26 Å². The molecule has 1 heterocycles. The van der Waals surface area contributed by atoms with Crippen LogP contribution in [0.15, 0.2) is 24.5 Å². The smallest absolute Gasteiger partial charge is 0.125 e. The number of nitriles is 1. The molecule has 0 aliphatic carbocycles. The fraction of sp³-hybridized carbons (Fsp3) is 0.286. The molecular formula is C14H15N3O. The van der Waals surface area contributed by atoms with Crippen LogP contribution >= 0.6 is 0 Å². The summed E-state index contributed by atoms with van der Waals surface area (Å²) in [5.41, 5.74) is 3.66. The summed E-state index contributed by atoms with van der Waals surface area (Å²) in [6.45, 7) is 4.39. The van der Waals surface area contributed by atoms with Gasteiger partial charge in [-0.3, -0.25) is 4.68 Å². The Morgan fingerprint density at radius 3 is 2.50 bits per heavy atom. The maximum absolute atomic E-state index is 8.89. The van der Waals surface area contributed by atoms with Gasteiger partial charge in [0.2, 0.25) is 0 Å². The SMILES string of the molecule is Cc1cc(C#N)cc(C)c1OCc1cnn(C)c1. The Balaban J connectivity index is 2.17. The number of aromatic nitrogens is 2. The molecule has 0 amide bonds. The Morgan fingerprint density at radius 1 is 1.33 bits per heavy atom. The van der Waals surface area contributed by atoms with Gasteiger partial charge in [-0.2, -0.15) is 10.4 Å². The second kappa shape index (κ2) is 4.92. The van der Waals surface area contributed by atoms with Crippen molar-refractivity contribution >= 4 is 0 Å². The van der Waals surface area contributed by atoms with Crippen LogP contribution in [0.2, 0.25) is 0 Å². The van der Waals surface area contributed by atoms with E-state index in [1.54, 1.807) is 10.9 Å². The lowest BCUT2D eigenvalue weighted by atomic mass is 10.1. The lowest BCUT2D eigenvalue weighted by molar-refractivity contribution is 0.302. The van der Waals surface area contributed by atoms with E-state index in [0.29, 0.717) is 12.2 Å². The highest BCUT2D eigenvalue weighted by molar-refractivity contribution is 5.47. The van der Waals surface area contributed by atoms with Crippen LogP contribution in [0.5, 0.6) is 5.75 Å². The van der Waals surface area contributed by atoms with Crippen molar-refractivity contribution in [3.8, 4) is 11.8 Å². The molecule has 0 saturated carbocycles. The van der Waals surface area contributed by atoms with Gasteiger partial charge < -0.3 is 4.74 Å². The van der Waals surface area contributed by atoms with Gasteiger partial charge >= 0.3 is 0 Å². The summed E-state index contributed by atoms with van der Waals surface area (Å²) in [5.74, 6) is 0.845. The molecule has 4 nitrogen and oxygen atoms in total. The number of nitrogens with zero attached hydrogens (tertiary/aromatic N) is 3. The Bertz CT molecular complexity index is 585. The predicted octanol–water partition coefficient (Wildman–Crippen LogP) is 2.49. The van der Waals surface area contributed by atoms with Gasteiger partial charge in [0.15, 0.2) is 0 Å². The summed E-state index contributed by atoms with van der Waals surface area (Å²) in [7, 11) is 1.88. The average molecular weight is 241 g/mol. The molecule has 0 fully saturated rings. The molecule has 0 aliphatic heterocycles. The molecule has 2 rings (SSSR count). The van der Waals surface area contributed by atoms with Gasteiger partial charge in [0, 0.05) is 18.8 Å². The molecule has 0 aliphatic rings. The molecule has 0 spiro atoms. The number of hydrogen-bond donors (Lipinski definition) is 0. The number of hydrogen-bond acceptors (Lipinski definition) is 3. The first kappa shape index (κ1) is 12.2. The third-order valence-electron chi connectivity index (χ3n) is 2.73. The van der Waals surface area contributed by atoms with Crippen molar-refractivity contribution in [3.05, 3.63) is 46.8 Å². The minimum absolute atomic E-state index is 0.488. The summed E-state index contributed by atoms with van der Waals surface area (Å²) in [5, 5.41) is 13.0. The van der Waals surface area contributed by atoms with E-state index < -0.39 is 0 Å². The first-order chi connectivity index (χ1) is 8.60. The zero-order valence-corrected chi connectivity index (χ0v) is 10.8. The highest BCUT2D eigenvalue weighted by Gasteiger charge is 2.07. The summed E-state index contributed by atoms with van der Waals surface area (Å²) >= 11 is 0. The second-order valence-corrected chi connectivity index (χ2v) is 4.36. The number of ether oxygens (including phenoxy) is 1. The van der Waals surface area contributed by atoms with E-state index in [2.05, 4.69) is 11.2 Å². The second-order valence-electron chi connectivity index (χ2n) is 4.36. The van der Waals surface area contributed by atoms with Gasteiger partial charge in [-0.25, -0.2) is 0 Å². The van der Waals surface area contributed by atoms with E-state index in [-0.39, 0.29) is 0 Å². The van der Waals surface area contributed by atoms with Crippen LogP contribution in [-0.4, -0.2) is 9.78 Å². The van der Waals surface area contributed by atoms with Crippen LogP contribution in [0.3, 0.4) is 0 Å². The van der Waals surface area contributed by atoms with Crippen molar-refractivity contribution < 1.29 is 4.74 Å². The van der Waals surface area contributed by atoms with Crippen molar-refractivity contribution in [2.24, 2.45) is 7.05 Å². The minimum atomic E-state index is 0.488. The predicted molar refractivity (Wildman–Crippen MR) is 68.2 cm³/mol.